The second kappa shape index (κ2) is 7.70. The van der Waals surface area contributed by atoms with Crippen molar-refractivity contribution in [3.63, 3.8) is 0 Å². The van der Waals surface area contributed by atoms with E-state index >= 15 is 0 Å². The lowest BCUT2D eigenvalue weighted by molar-refractivity contribution is 0.102. The summed E-state index contributed by atoms with van der Waals surface area (Å²) in [5, 5.41) is 3.88. The van der Waals surface area contributed by atoms with Crippen LogP contribution in [0.2, 0.25) is 0 Å². The van der Waals surface area contributed by atoms with Gasteiger partial charge in [0.1, 0.15) is 11.5 Å². The molecule has 1 aliphatic rings. The van der Waals surface area contributed by atoms with Crippen molar-refractivity contribution in [2.45, 2.75) is 38.6 Å². The number of rotatable bonds is 4. The van der Waals surface area contributed by atoms with Crippen LogP contribution in [-0.4, -0.2) is 33.4 Å². The molecule has 6 nitrogen and oxygen atoms in total. The third kappa shape index (κ3) is 3.60. The van der Waals surface area contributed by atoms with Crippen molar-refractivity contribution in [3.8, 4) is 0 Å². The predicted molar refractivity (Wildman–Crippen MR) is 107 cm³/mol. The number of nitrogens with zero attached hydrogens (tertiary/aromatic N) is 4. The molecular weight excluding hydrogens is 338 g/mol. The summed E-state index contributed by atoms with van der Waals surface area (Å²) in [5.74, 6) is 0.572. The molecule has 0 bridgehead atoms. The van der Waals surface area contributed by atoms with Gasteiger partial charge in [0.25, 0.3) is 5.91 Å². The zero-order chi connectivity index (χ0) is 18.6. The fourth-order valence-corrected chi connectivity index (χ4v) is 3.70. The number of para-hydroxylation sites is 1. The van der Waals surface area contributed by atoms with E-state index in [-0.39, 0.29) is 5.91 Å². The Morgan fingerprint density at radius 1 is 1.15 bits per heavy atom. The molecule has 0 saturated carbocycles. The summed E-state index contributed by atoms with van der Waals surface area (Å²) < 4.78 is 0. The molecule has 0 aliphatic carbocycles. The monoisotopic (exact) mass is 361 g/mol. The summed E-state index contributed by atoms with van der Waals surface area (Å²) in [6.45, 7) is 3.21. The van der Waals surface area contributed by atoms with Crippen LogP contribution in [0.15, 0.2) is 48.9 Å². The maximum atomic E-state index is 12.6. The van der Waals surface area contributed by atoms with Gasteiger partial charge in [-0.15, -0.1) is 0 Å². The van der Waals surface area contributed by atoms with E-state index in [1.807, 2.05) is 30.3 Å². The summed E-state index contributed by atoms with van der Waals surface area (Å²) in [6, 6.07) is 10.1. The number of benzene rings is 1. The lowest BCUT2D eigenvalue weighted by Crippen LogP contribution is -2.39. The lowest BCUT2D eigenvalue weighted by atomic mass is 10.0. The minimum atomic E-state index is -0.280. The molecule has 1 saturated heterocycles. The van der Waals surface area contributed by atoms with Crippen LogP contribution in [-0.2, 0) is 0 Å². The molecule has 1 amide bonds. The number of hydrogen-bond donors (Lipinski definition) is 1. The first-order chi connectivity index (χ1) is 13.3. The Balaban J connectivity index is 1.52. The first-order valence-corrected chi connectivity index (χ1v) is 9.50. The van der Waals surface area contributed by atoms with Crippen LogP contribution in [0.1, 0.15) is 43.1 Å². The van der Waals surface area contributed by atoms with Crippen LogP contribution >= 0.6 is 0 Å². The molecule has 1 aromatic carbocycles. The van der Waals surface area contributed by atoms with Gasteiger partial charge in [-0.3, -0.25) is 9.78 Å². The second-order valence-electron chi connectivity index (χ2n) is 6.85. The number of carbonyl (C=O) groups excluding carboxylic acids is 1. The number of amides is 1. The van der Waals surface area contributed by atoms with Crippen LogP contribution in [0.5, 0.6) is 0 Å². The maximum Gasteiger partial charge on any atom is 0.275 e. The molecule has 1 atom stereocenters. The van der Waals surface area contributed by atoms with E-state index in [0.717, 1.165) is 29.7 Å². The Hall–Kier alpha value is -3.02. The summed E-state index contributed by atoms with van der Waals surface area (Å²) in [6.07, 6.45) is 9.72. The Labute approximate surface area is 158 Å². The molecule has 138 valence electrons. The average molecular weight is 361 g/mol. The molecular formula is C21H23N5O. The first kappa shape index (κ1) is 17.4. The van der Waals surface area contributed by atoms with Gasteiger partial charge in [0.05, 0.1) is 23.6 Å². The van der Waals surface area contributed by atoms with Crippen LogP contribution < -0.4 is 10.2 Å². The van der Waals surface area contributed by atoms with Gasteiger partial charge in [0, 0.05) is 24.2 Å². The average Bonchev–Trinajstić information content (AvgIpc) is 2.74. The zero-order valence-electron chi connectivity index (χ0n) is 15.4. The quantitative estimate of drug-likeness (QED) is 0.759. The number of carbonyl (C=O) groups is 1. The lowest BCUT2D eigenvalue weighted by Gasteiger charge is -2.35. The van der Waals surface area contributed by atoms with Gasteiger partial charge < -0.3 is 10.2 Å². The number of fused-ring (bicyclic) bond motifs is 1. The van der Waals surface area contributed by atoms with Gasteiger partial charge in [0.15, 0.2) is 0 Å². The number of anilines is 2. The largest absolute Gasteiger partial charge is 0.352 e. The highest BCUT2D eigenvalue weighted by Gasteiger charge is 2.22. The number of piperidine rings is 1. The van der Waals surface area contributed by atoms with Crippen LogP contribution in [0, 0.1) is 0 Å². The fraction of sp³-hybridized carbons (Fsp3) is 0.333. The molecule has 0 radical (unpaired) electrons. The standard InChI is InChI=1S/C21H23N5O/c1-2-16-9-3-4-12-26(16)19-14-23-18(13-24-19)21(27)25-17-10-5-7-15-8-6-11-22-20(15)17/h5-8,10-11,13-14,16H,2-4,9,12H2,1H3,(H,25,27). The third-order valence-corrected chi connectivity index (χ3v) is 5.14. The van der Waals surface area contributed by atoms with E-state index in [4.69, 9.17) is 0 Å². The molecule has 0 spiro atoms. The van der Waals surface area contributed by atoms with E-state index < -0.39 is 0 Å². The summed E-state index contributed by atoms with van der Waals surface area (Å²) in [4.78, 5) is 28.2. The molecule has 1 aliphatic heterocycles. The van der Waals surface area contributed by atoms with Gasteiger partial charge in [-0.25, -0.2) is 9.97 Å². The van der Waals surface area contributed by atoms with E-state index in [2.05, 4.69) is 32.1 Å². The number of nitrogens with one attached hydrogen (secondary N) is 1. The van der Waals surface area contributed by atoms with E-state index in [1.165, 1.54) is 19.3 Å². The molecule has 27 heavy (non-hydrogen) atoms. The van der Waals surface area contributed by atoms with Crippen molar-refractivity contribution >= 4 is 28.3 Å². The van der Waals surface area contributed by atoms with Crippen molar-refractivity contribution in [2.24, 2.45) is 0 Å². The number of hydrogen-bond acceptors (Lipinski definition) is 5. The molecule has 2 aromatic heterocycles. The zero-order valence-corrected chi connectivity index (χ0v) is 15.4. The highest BCUT2D eigenvalue weighted by Crippen LogP contribution is 2.25. The normalized spacial score (nSPS) is 17.1. The summed E-state index contributed by atoms with van der Waals surface area (Å²) >= 11 is 0. The van der Waals surface area contributed by atoms with Gasteiger partial charge >= 0.3 is 0 Å². The Bertz CT molecular complexity index is 935. The van der Waals surface area contributed by atoms with Crippen molar-refractivity contribution in [1.82, 2.24) is 15.0 Å². The highest BCUT2D eigenvalue weighted by atomic mass is 16.1. The van der Waals surface area contributed by atoms with Crippen molar-refractivity contribution in [1.29, 1.82) is 0 Å². The van der Waals surface area contributed by atoms with Crippen LogP contribution in [0.4, 0.5) is 11.5 Å². The summed E-state index contributed by atoms with van der Waals surface area (Å²) in [5.41, 5.74) is 1.74. The van der Waals surface area contributed by atoms with Crippen molar-refractivity contribution in [2.75, 3.05) is 16.8 Å². The van der Waals surface area contributed by atoms with Gasteiger partial charge in [0.2, 0.25) is 0 Å². The van der Waals surface area contributed by atoms with Crippen molar-refractivity contribution < 1.29 is 4.79 Å². The van der Waals surface area contributed by atoms with E-state index in [9.17, 15) is 4.79 Å². The molecule has 1 fully saturated rings. The van der Waals surface area contributed by atoms with E-state index in [0.29, 0.717) is 17.4 Å². The molecule has 1 unspecified atom stereocenters. The molecule has 3 heterocycles. The third-order valence-electron chi connectivity index (χ3n) is 5.14. The SMILES string of the molecule is CCC1CCCCN1c1cnc(C(=O)Nc2cccc3cccnc23)cn1. The Kier molecular flexibility index (Phi) is 4.96. The smallest absolute Gasteiger partial charge is 0.275 e. The van der Waals surface area contributed by atoms with Gasteiger partial charge in [-0.05, 0) is 37.8 Å². The Morgan fingerprint density at radius 3 is 2.85 bits per heavy atom. The molecule has 3 aromatic rings. The fourth-order valence-electron chi connectivity index (χ4n) is 3.70. The summed E-state index contributed by atoms with van der Waals surface area (Å²) in [7, 11) is 0. The minimum Gasteiger partial charge on any atom is -0.352 e. The molecule has 1 N–H and O–H groups in total. The number of aromatic nitrogens is 3. The first-order valence-electron chi connectivity index (χ1n) is 9.50. The topological polar surface area (TPSA) is 71.0 Å². The predicted octanol–water partition coefficient (Wildman–Crippen LogP) is 4.05. The second-order valence-corrected chi connectivity index (χ2v) is 6.85. The molecule has 4 rings (SSSR count). The maximum absolute atomic E-state index is 12.6. The molecule has 6 heteroatoms. The van der Waals surface area contributed by atoms with E-state index in [1.54, 1.807) is 18.6 Å². The minimum absolute atomic E-state index is 0.280. The van der Waals surface area contributed by atoms with Crippen LogP contribution in [0.25, 0.3) is 10.9 Å². The Morgan fingerprint density at radius 2 is 2.04 bits per heavy atom. The van der Waals surface area contributed by atoms with Gasteiger partial charge in [-0.1, -0.05) is 25.1 Å². The van der Waals surface area contributed by atoms with Gasteiger partial charge in [-0.2, -0.15) is 0 Å². The number of pyridine rings is 1. The van der Waals surface area contributed by atoms with Crippen molar-refractivity contribution in [3.05, 3.63) is 54.6 Å². The highest BCUT2D eigenvalue weighted by molar-refractivity contribution is 6.07. The van der Waals surface area contributed by atoms with Crippen LogP contribution in [0.3, 0.4) is 0 Å².